The van der Waals surface area contributed by atoms with E-state index in [0.717, 1.165) is 12.8 Å². The van der Waals surface area contributed by atoms with Crippen molar-refractivity contribution < 1.29 is 0 Å². The fourth-order valence-electron chi connectivity index (χ4n) is 0.954. The summed E-state index contributed by atoms with van der Waals surface area (Å²) < 4.78 is 0. The Morgan fingerprint density at radius 2 is 1.06 bits per heavy atom. The Bertz CT molecular complexity index is 162. The van der Waals surface area contributed by atoms with Crippen LogP contribution >= 0.6 is 0 Å². The molecule has 0 aliphatic rings. The Kier molecular flexibility index (Phi) is 21.2. The second-order valence-corrected chi connectivity index (χ2v) is 3.57. The van der Waals surface area contributed by atoms with Crippen molar-refractivity contribution in [1.82, 2.24) is 0 Å². The van der Waals surface area contributed by atoms with Crippen LogP contribution in [0.1, 0.15) is 52.4 Å². The van der Waals surface area contributed by atoms with Gasteiger partial charge in [-0.25, -0.2) is 0 Å². The van der Waals surface area contributed by atoms with Crippen molar-refractivity contribution in [3.8, 4) is 0 Å². The molecule has 0 amide bonds. The van der Waals surface area contributed by atoms with Gasteiger partial charge in [-0.15, -0.1) is 13.2 Å². The molecule has 0 rings (SSSR count). The van der Waals surface area contributed by atoms with Crippen LogP contribution in [-0.2, 0) is 0 Å². The Labute approximate surface area is 102 Å². The molecule has 0 aliphatic carbocycles. The van der Waals surface area contributed by atoms with E-state index in [1.165, 1.54) is 25.7 Å². The van der Waals surface area contributed by atoms with Crippen molar-refractivity contribution in [2.24, 2.45) is 0 Å². The van der Waals surface area contributed by atoms with Gasteiger partial charge in [-0.2, -0.15) is 0 Å². The topological polar surface area (TPSA) is 0 Å². The van der Waals surface area contributed by atoms with Crippen LogP contribution in [0, 0.1) is 0 Å². The molecule has 0 heterocycles. The van der Waals surface area contributed by atoms with Crippen LogP contribution in [0.25, 0.3) is 0 Å². The number of unbranched alkanes of at least 4 members (excludes halogenated alkanes) is 2. The first-order valence-corrected chi connectivity index (χ1v) is 6.35. The van der Waals surface area contributed by atoms with Gasteiger partial charge >= 0.3 is 0 Å². The molecule has 0 radical (unpaired) electrons. The van der Waals surface area contributed by atoms with E-state index in [2.05, 4.69) is 51.3 Å². The molecule has 92 valence electrons. The van der Waals surface area contributed by atoms with E-state index in [1.807, 2.05) is 12.2 Å². The van der Waals surface area contributed by atoms with E-state index in [-0.39, 0.29) is 0 Å². The third-order valence-corrected chi connectivity index (χ3v) is 1.85. The third kappa shape index (κ3) is 23.1. The summed E-state index contributed by atoms with van der Waals surface area (Å²) in [5.41, 5.74) is 0. The molecular formula is C16H28. The summed E-state index contributed by atoms with van der Waals surface area (Å²) in [5, 5.41) is 0. The average Bonchev–Trinajstić information content (AvgIpc) is 2.31. The zero-order chi connectivity index (χ0) is 12.5. The van der Waals surface area contributed by atoms with Gasteiger partial charge < -0.3 is 0 Å². The van der Waals surface area contributed by atoms with Gasteiger partial charge in [0.05, 0.1) is 0 Å². The van der Waals surface area contributed by atoms with Gasteiger partial charge in [0, 0.05) is 0 Å². The van der Waals surface area contributed by atoms with Crippen molar-refractivity contribution in [3.05, 3.63) is 49.6 Å². The normalized spacial score (nSPS) is 10.1. The summed E-state index contributed by atoms with van der Waals surface area (Å²) in [6.45, 7) is 11.6. The minimum absolute atomic E-state index is 1.01. The summed E-state index contributed by atoms with van der Waals surface area (Å²) >= 11 is 0. The summed E-state index contributed by atoms with van der Waals surface area (Å²) in [6, 6.07) is 0. The minimum Gasteiger partial charge on any atom is -0.103 e. The van der Waals surface area contributed by atoms with Crippen molar-refractivity contribution in [3.63, 3.8) is 0 Å². The standard InChI is InChI=1S/2C8H14/c2*1-3-5-7-8-6-4-2/h2*3,7-8H,1,4-6H2,2H3/b8-7+;8-7-. The summed E-state index contributed by atoms with van der Waals surface area (Å²) in [5.74, 6) is 0. The highest BCUT2D eigenvalue weighted by Crippen LogP contribution is 1.91. The summed E-state index contributed by atoms with van der Waals surface area (Å²) in [4.78, 5) is 0. The van der Waals surface area contributed by atoms with Crippen molar-refractivity contribution in [2.45, 2.75) is 52.4 Å². The first-order valence-electron chi connectivity index (χ1n) is 6.35. The molecule has 0 bridgehead atoms. The van der Waals surface area contributed by atoms with E-state index in [4.69, 9.17) is 0 Å². The highest BCUT2D eigenvalue weighted by molar-refractivity contribution is 4.88. The predicted octanol–water partition coefficient (Wildman–Crippen LogP) is 5.84. The Hall–Kier alpha value is -1.04. The van der Waals surface area contributed by atoms with Gasteiger partial charge in [0.2, 0.25) is 0 Å². The molecule has 0 aromatic heterocycles. The number of hydrogen-bond acceptors (Lipinski definition) is 0. The van der Waals surface area contributed by atoms with Crippen LogP contribution < -0.4 is 0 Å². The van der Waals surface area contributed by atoms with Crippen molar-refractivity contribution >= 4 is 0 Å². The molecule has 0 unspecified atom stereocenters. The second-order valence-electron chi connectivity index (χ2n) is 3.57. The zero-order valence-electron chi connectivity index (χ0n) is 11.1. The zero-order valence-corrected chi connectivity index (χ0v) is 11.1. The van der Waals surface area contributed by atoms with Crippen LogP contribution in [-0.4, -0.2) is 0 Å². The smallest absolute Gasteiger partial charge is 0.0172 e. The fraction of sp³-hybridized carbons (Fsp3) is 0.500. The maximum absolute atomic E-state index is 3.61. The molecule has 16 heavy (non-hydrogen) atoms. The van der Waals surface area contributed by atoms with Crippen LogP contribution in [0.3, 0.4) is 0 Å². The van der Waals surface area contributed by atoms with E-state index in [9.17, 15) is 0 Å². The predicted molar refractivity (Wildman–Crippen MR) is 77.7 cm³/mol. The van der Waals surface area contributed by atoms with Gasteiger partial charge in [-0.3, -0.25) is 0 Å². The van der Waals surface area contributed by atoms with Crippen LogP contribution in [0.4, 0.5) is 0 Å². The van der Waals surface area contributed by atoms with Gasteiger partial charge in [-0.05, 0) is 25.7 Å². The minimum atomic E-state index is 1.01. The lowest BCUT2D eigenvalue weighted by atomic mass is 10.3. The number of allylic oxidation sites excluding steroid dienone is 6. The molecule has 0 aromatic rings. The second kappa shape index (κ2) is 19.5. The quantitative estimate of drug-likeness (QED) is 0.451. The summed E-state index contributed by atoms with van der Waals surface area (Å²) in [6.07, 6.45) is 19.4. The van der Waals surface area contributed by atoms with Gasteiger partial charge in [0.15, 0.2) is 0 Å². The maximum atomic E-state index is 3.61. The highest BCUT2D eigenvalue weighted by Gasteiger charge is 1.70. The third-order valence-electron chi connectivity index (χ3n) is 1.85. The molecule has 0 spiro atoms. The van der Waals surface area contributed by atoms with Crippen LogP contribution in [0.5, 0.6) is 0 Å². The molecule has 0 atom stereocenters. The largest absolute Gasteiger partial charge is 0.103 e. The van der Waals surface area contributed by atoms with E-state index in [0.29, 0.717) is 0 Å². The number of rotatable bonds is 8. The molecule has 0 heteroatoms. The van der Waals surface area contributed by atoms with Gasteiger partial charge in [0.1, 0.15) is 0 Å². The molecular weight excluding hydrogens is 192 g/mol. The Balaban J connectivity index is 0. The maximum Gasteiger partial charge on any atom is -0.0172 e. The van der Waals surface area contributed by atoms with Crippen LogP contribution in [0.15, 0.2) is 49.6 Å². The van der Waals surface area contributed by atoms with Gasteiger partial charge in [0.25, 0.3) is 0 Å². The van der Waals surface area contributed by atoms with E-state index in [1.54, 1.807) is 0 Å². The molecule has 0 saturated heterocycles. The molecule has 0 nitrogen and oxygen atoms in total. The molecule has 0 fully saturated rings. The van der Waals surface area contributed by atoms with E-state index >= 15 is 0 Å². The SMILES string of the molecule is C=CC/C=C/CCC.C=CC/C=C\CCC. The molecule has 0 aromatic carbocycles. The van der Waals surface area contributed by atoms with Crippen LogP contribution in [0.2, 0.25) is 0 Å². The lowest BCUT2D eigenvalue weighted by Gasteiger charge is -1.80. The molecule has 0 saturated carbocycles. The fourth-order valence-corrected chi connectivity index (χ4v) is 0.954. The first kappa shape index (κ1) is 17.4. The highest BCUT2D eigenvalue weighted by atomic mass is 13.8. The van der Waals surface area contributed by atoms with Crippen molar-refractivity contribution in [2.75, 3.05) is 0 Å². The first-order chi connectivity index (χ1) is 7.83. The van der Waals surface area contributed by atoms with Gasteiger partial charge in [-0.1, -0.05) is 63.1 Å². The molecule has 0 aliphatic heterocycles. The lowest BCUT2D eigenvalue weighted by molar-refractivity contribution is 0.955. The average molecular weight is 220 g/mol. The lowest BCUT2D eigenvalue weighted by Crippen LogP contribution is -1.60. The summed E-state index contributed by atoms with van der Waals surface area (Å²) in [7, 11) is 0. The Morgan fingerprint density at radius 1 is 0.688 bits per heavy atom. The molecule has 0 N–H and O–H groups in total. The monoisotopic (exact) mass is 220 g/mol. The van der Waals surface area contributed by atoms with E-state index < -0.39 is 0 Å². The van der Waals surface area contributed by atoms with Crippen molar-refractivity contribution in [1.29, 1.82) is 0 Å². The Morgan fingerprint density at radius 3 is 1.31 bits per heavy atom. The number of hydrogen-bond donors (Lipinski definition) is 0.